The maximum absolute atomic E-state index is 14.7. The van der Waals surface area contributed by atoms with Gasteiger partial charge in [0.2, 0.25) is 0 Å². The smallest absolute Gasteiger partial charge is 0.323 e. The Labute approximate surface area is 208 Å². The molecule has 0 heterocycles. The fourth-order valence-electron chi connectivity index (χ4n) is 4.58. The molecule has 1 aliphatic carbocycles. The number of rotatable bonds is 15. The average molecular weight is 494 g/mol. The Bertz CT molecular complexity index is 838. The van der Waals surface area contributed by atoms with E-state index < -0.39 is 29.0 Å². The zero-order valence-electron chi connectivity index (χ0n) is 21.5. The number of nitrogens with one attached hydrogen (secondary N) is 1. The van der Waals surface area contributed by atoms with Crippen LogP contribution < -0.4 is 5.32 Å². The van der Waals surface area contributed by atoms with Gasteiger partial charge in [-0.15, -0.1) is 0 Å². The van der Waals surface area contributed by atoms with Crippen LogP contribution in [0.4, 0.5) is 8.78 Å². The van der Waals surface area contributed by atoms with Crippen molar-refractivity contribution in [2.75, 3.05) is 13.2 Å². The van der Waals surface area contributed by atoms with Crippen molar-refractivity contribution in [2.45, 2.75) is 97.6 Å². The van der Waals surface area contributed by atoms with Crippen molar-refractivity contribution in [1.82, 2.24) is 5.32 Å². The first-order valence-electron chi connectivity index (χ1n) is 13.1. The van der Waals surface area contributed by atoms with E-state index in [4.69, 9.17) is 9.47 Å². The molecule has 1 aliphatic rings. The van der Waals surface area contributed by atoms with E-state index in [-0.39, 0.29) is 37.8 Å². The number of hydrogen-bond donors (Lipinski definition) is 1. The van der Waals surface area contributed by atoms with E-state index in [0.717, 1.165) is 12.8 Å². The predicted molar refractivity (Wildman–Crippen MR) is 133 cm³/mol. The Kier molecular flexibility index (Phi) is 12.4. The fourth-order valence-corrected chi connectivity index (χ4v) is 4.58. The molecular weight excluding hydrogens is 452 g/mol. The van der Waals surface area contributed by atoms with Gasteiger partial charge in [-0.25, -0.2) is 8.78 Å². The topological polar surface area (TPSA) is 64.6 Å². The van der Waals surface area contributed by atoms with Gasteiger partial charge in [-0.2, -0.15) is 0 Å². The van der Waals surface area contributed by atoms with E-state index >= 15 is 0 Å². The van der Waals surface area contributed by atoms with Crippen molar-refractivity contribution in [3.63, 3.8) is 0 Å². The summed E-state index contributed by atoms with van der Waals surface area (Å²) in [5.74, 6) is -2.85. The highest BCUT2D eigenvalue weighted by Gasteiger charge is 2.53. The summed E-state index contributed by atoms with van der Waals surface area (Å²) in [6, 6.07) is 3.00. The molecule has 5 nitrogen and oxygen atoms in total. The van der Waals surface area contributed by atoms with Crippen LogP contribution in [0.3, 0.4) is 0 Å². The summed E-state index contributed by atoms with van der Waals surface area (Å²) < 4.78 is 39.6. The zero-order chi connectivity index (χ0) is 25.7. The van der Waals surface area contributed by atoms with Gasteiger partial charge < -0.3 is 14.8 Å². The molecule has 1 atom stereocenters. The lowest BCUT2D eigenvalue weighted by Crippen LogP contribution is -2.41. The van der Waals surface area contributed by atoms with Gasteiger partial charge >= 0.3 is 11.9 Å². The molecule has 0 aromatic heterocycles. The number of unbranched alkanes of at least 4 members (excludes halogenated alkanes) is 5. The Balaban J connectivity index is 1.92. The van der Waals surface area contributed by atoms with Crippen LogP contribution in [-0.2, 0) is 32.0 Å². The fraction of sp³-hybridized carbons (Fsp3) is 0.643. The van der Waals surface area contributed by atoms with E-state index in [2.05, 4.69) is 12.2 Å². The van der Waals surface area contributed by atoms with Crippen molar-refractivity contribution in [2.24, 2.45) is 5.41 Å². The van der Waals surface area contributed by atoms with Gasteiger partial charge in [0.25, 0.3) is 0 Å². The SMILES string of the molecule is CCCCCCC/C=C/Cc1ccc(CNC2CCC(C(=O)OCC)(C(=O)OCC)C2)c(F)c1F. The van der Waals surface area contributed by atoms with Crippen LogP contribution in [0.15, 0.2) is 24.3 Å². The van der Waals surface area contributed by atoms with E-state index in [1.165, 1.54) is 25.7 Å². The summed E-state index contributed by atoms with van der Waals surface area (Å²) in [7, 11) is 0. The maximum Gasteiger partial charge on any atom is 0.323 e. The van der Waals surface area contributed by atoms with Crippen molar-refractivity contribution in [1.29, 1.82) is 0 Å². The first kappa shape index (κ1) is 29.0. The van der Waals surface area contributed by atoms with Crippen molar-refractivity contribution < 1.29 is 27.8 Å². The standard InChI is InChI=1S/C28H41F2NO4/c1-4-7-8-9-10-11-12-13-14-21-15-16-22(25(30)24(21)29)20-31-23-17-18-28(19-23,26(32)34-5-2)27(33)35-6-3/h12-13,15-16,23,31H,4-11,14,17-20H2,1-3H3/b13-12+. The quantitative estimate of drug-likeness (QED) is 0.137. The van der Waals surface area contributed by atoms with Crippen LogP contribution in [0, 0.1) is 17.0 Å². The van der Waals surface area contributed by atoms with Crippen molar-refractivity contribution in [3.8, 4) is 0 Å². The molecule has 1 aromatic rings. The van der Waals surface area contributed by atoms with Gasteiger partial charge in [0.15, 0.2) is 17.0 Å². The van der Waals surface area contributed by atoms with Crippen LogP contribution >= 0.6 is 0 Å². The number of hydrogen-bond acceptors (Lipinski definition) is 5. The molecule has 1 unspecified atom stereocenters. The van der Waals surface area contributed by atoms with Crippen LogP contribution in [0.25, 0.3) is 0 Å². The molecule has 0 bridgehead atoms. The molecule has 196 valence electrons. The largest absolute Gasteiger partial charge is 0.465 e. The summed E-state index contributed by atoms with van der Waals surface area (Å²) in [4.78, 5) is 25.1. The molecule has 0 saturated heterocycles. The lowest BCUT2D eigenvalue weighted by Gasteiger charge is -2.24. The predicted octanol–water partition coefficient (Wildman–Crippen LogP) is 6.18. The monoisotopic (exact) mass is 493 g/mol. The third-order valence-electron chi connectivity index (χ3n) is 6.65. The van der Waals surface area contributed by atoms with Crippen LogP contribution in [-0.4, -0.2) is 31.2 Å². The maximum atomic E-state index is 14.7. The molecule has 0 aliphatic heterocycles. The van der Waals surface area contributed by atoms with Gasteiger partial charge in [0.05, 0.1) is 13.2 Å². The number of halogens is 2. The second-order valence-corrected chi connectivity index (χ2v) is 9.23. The van der Waals surface area contributed by atoms with Gasteiger partial charge in [0.1, 0.15) is 0 Å². The lowest BCUT2D eigenvalue weighted by atomic mass is 9.86. The lowest BCUT2D eigenvalue weighted by molar-refractivity contribution is -0.171. The third kappa shape index (κ3) is 8.13. The molecule has 1 fully saturated rings. The highest BCUT2D eigenvalue weighted by Crippen LogP contribution is 2.41. The summed E-state index contributed by atoms with van der Waals surface area (Å²) in [6.07, 6.45) is 12.3. The third-order valence-corrected chi connectivity index (χ3v) is 6.65. The highest BCUT2D eigenvalue weighted by atomic mass is 19.2. The summed E-state index contributed by atoms with van der Waals surface area (Å²) in [5, 5.41) is 3.18. The minimum atomic E-state index is -1.35. The number of carbonyl (C=O) groups is 2. The molecule has 0 spiro atoms. The first-order valence-corrected chi connectivity index (χ1v) is 13.1. The van der Waals surface area contributed by atoms with E-state index in [1.54, 1.807) is 26.0 Å². The number of carbonyl (C=O) groups excluding carboxylic acids is 2. The number of allylic oxidation sites excluding steroid dienone is 2. The Morgan fingerprint density at radius 1 is 0.971 bits per heavy atom. The van der Waals surface area contributed by atoms with E-state index in [1.807, 2.05) is 12.2 Å². The second kappa shape index (κ2) is 15.0. The zero-order valence-corrected chi connectivity index (χ0v) is 21.5. The summed E-state index contributed by atoms with van der Waals surface area (Å²) in [6.45, 7) is 6.00. The molecule has 1 N–H and O–H groups in total. The van der Waals surface area contributed by atoms with Crippen LogP contribution in [0.2, 0.25) is 0 Å². The number of esters is 2. The van der Waals surface area contributed by atoms with E-state index in [9.17, 15) is 18.4 Å². The van der Waals surface area contributed by atoms with Gasteiger partial charge in [-0.05, 0) is 57.9 Å². The van der Waals surface area contributed by atoms with Gasteiger partial charge in [-0.1, -0.05) is 56.9 Å². The normalized spacial score (nSPS) is 17.1. The van der Waals surface area contributed by atoms with Crippen LogP contribution in [0.1, 0.15) is 89.7 Å². The Morgan fingerprint density at radius 3 is 2.26 bits per heavy atom. The second-order valence-electron chi connectivity index (χ2n) is 9.23. The summed E-state index contributed by atoms with van der Waals surface area (Å²) in [5.41, 5.74) is -0.798. The molecule has 1 saturated carbocycles. The van der Waals surface area contributed by atoms with Gasteiger partial charge in [-0.3, -0.25) is 9.59 Å². The minimum Gasteiger partial charge on any atom is -0.465 e. The Hall–Kier alpha value is -2.28. The van der Waals surface area contributed by atoms with Gasteiger partial charge in [0, 0.05) is 18.2 Å². The Morgan fingerprint density at radius 2 is 1.60 bits per heavy atom. The van der Waals surface area contributed by atoms with Crippen LogP contribution in [0.5, 0.6) is 0 Å². The first-order chi connectivity index (χ1) is 16.9. The van der Waals surface area contributed by atoms with Crippen molar-refractivity contribution >= 4 is 11.9 Å². The molecular formula is C28H41F2NO4. The van der Waals surface area contributed by atoms with E-state index in [0.29, 0.717) is 24.8 Å². The number of ether oxygens (including phenoxy) is 2. The molecule has 1 aromatic carbocycles. The highest BCUT2D eigenvalue weighted by molar-refractivity contribution is 6.00. The number of benzene rings is 1. The molecule has 35 heavy (non-hydrogen) atoms. The molecule has 0 radical (unpaired) electrons. The summed E-state index contributed by atoms with van der Waals surface area (Å²) >= 11 is 0. The average Bonchev–Trinajstić information content (AvgIpc) is 3.29. The minimum absolute atomic E-state index is 0.100. The molecule has 0 amide bonds. The van der Waals surface area contributed by atoms with Crippen molar-refractivity contribution in [3.05, 3.63) is 47.0 Å². The molecule has 7 heteroatoms. The molecule has 2 rings (SSSR count).